The highest BCUT2D eigenvalue weighted by Crippen LogP contribution is 2.29. The van der Waals surface area contributed by atoms with Crippen molar-refractivity contribution in [2.45, 2.75) is 58.0 Å². The second-order valence-electron chi connectivity index (χ2n) is 9.83. The van der Waals surface area contributed by atoms with Crippen LogP contribution in [0.15, 0.2) is 40.1 Å². The molecule has 0 saturated heterocycles. The lowest BCUT2D eigenvalue weighted by Crippen LogP contribution is -2.43. The van der Waals surface area contributed by atoms with E-state index in [2.05, 4.69) is 31.2 Å². The van der Waals surface area contributed by atoms with Crippen molar-refractivity contribution in [3.8, 4) is 5.75 Å². The Balaban J connectivity index is 1.49. The van der Waals surface area contributed by atoms with E-state index in [1.807, 2.05) is 0 Å². The van der Waals surface area contributed by atoms with Gasteiger partial charge in [-0.15, -0.1) is 0 Å². The van der Waals surface area contributed by atoms with Crippen LogP contribution >= 0.6 is 0 Å². The maximum atomic E-state index is 12.5. The lowest BCUT2D eigenvalue weighted by Gasteiger charge is -2.28. The molecule has 0 unspecified atom stereocenters. The third-order valence-corrected chi connectivity index (χ3v) is 6.12. The first-order chi connectivity index (χ1) is 17.6. The van der Waals surface area contributed by atoms with Crippen molar-refractivity contribution in [1.82, 2.24) is 15.3 Å². The number of hydrogen-bond acceptors (Lipinski definition) is 10. The highest BCUT2D eigenvalue weighted by atomic mass is 16.5. The zero-order valence-electron chi connectivity index (χ0n) is 21.2. The molecule has 194 valence electrons. The number of carbonyl (C=O) groups excluding carboxylic acids is 2. The van der Waals surface area contributed by atoms with Crippen LogP contribution in [-0.2, 0) is 4.79 Å². The Hall–Kier alpha value is -4.28. The maximum Gasteiger partial charge on any atom is 0.253 e. The highest BCUT2D eigenvalue weighted by Gasteiger charge is 2.28. The second-order valence-corrected chi connectivity index (χ2v) is 9.83. The van der Waals surface area contributed by atoms with Crippen molar-refractivity contribution in [3.63, 3.8) is 0 Å². The van der Waals surface area contributed by atoms with E-state index in [4.69, 9.17) is 4.74 Å². The summed E-state index contributed by atoms with van der Waals surface area (Å²) >= 11 is 0. The van der Waals surface area contributed by atoms with Crippen molar-refractivity contribution in [2.75, 3.05) is 23.1 Å². The molecule has 3 aromatic rings. The number of nitrogens with zero attached hydrogens (tertiary/aromatic N) is 2. The summed E-state index contributed by atoms with van der Waals surface area (Å²) in [7, 11) is 1.50. The Labute approximate surface area is 213 Å². The summed E-state index contributed by atoms with van der Waals surface area (Å²) in [5, 5.41) is 11.9. The standard InChI is InChI=1S/C26H30N6O5/c1-14(33)13-26(2,3)32-21-20(22(34)23(21)35)30-19-10-11-27-25(31-19)29-17-9-8-15(12-18(17)37-4)24(36)28-16-6-5-7-16/h8-12,16,32H,5-7,13H2,1-4H3,(H,28,36)(H2,27,29,30,31). The fourth-order valence-corrected chi connectivity index (χ4v) is 4.13. The summed E-state index contributed by atoms with van der Waals surface area (Å²) < 4.78 is 5.45. The van der Waals surface area contributed by atoms with E-state index >= 15 is 0 Å². The summed E-state index contributed by atoms with van der Waals surface area (Å²) in [4.78, 5) is 57.0. The van der Waals surface area contributed by atoms with Crippen LogP contribution in [-0.4, -0.2) is 40.3 Å². The number of rotatable bonds is 11. The van der Waals surface area contributed by atoms with E-state index in [0.717, 1.165) is 19.3 Å². The molecule has 37 heavy (non-hydrogen) atoms. The number of ketones is 1. The molecular formula is C26H30N6O5. The number of ether oxygens (including phenoxy) is 1. The number of aromatic nitrogens is 2. The first kappa shape index (κ1) is 25.8. The highest BCUT2D eigenvalue weighted by molar-refractivity contribution is 5.95. The van der Waals surface area contributed by atoms with Gasteiger partial charge in [0.15, 0.2) is 0 Å². The number of benzene rings is 1. The summed E-state index contributed by atoms with van der Waals surface area (Å²) in [6.45, 7) is 5.02. The molecule has 4 N–H and O–H groups in total. The molecule has 11 heteroatoms. The quantitative estimate of drug-likeness (QED) is 0.286. The number of carbonyl (C=O) groups is 2. The maximum absolute atomic E-state index is 12.5. The van der Waals surface area contributed by atoms with Crippen LogP contribution in [0.2, 0.25) is 0 Å². The van der Waals surface area contributed by atoms with Crippen molar-refractivity contribution >= 4 is 40.5 Å². The molecular weight excluding hydrogens is 476 g/mol. The van der Waals surface area contributed by atoms with Gasteiger partial charge in [-0.2, -0.15) is 4.98 Å². The van der Waals surface area contributed by atoms with Gasteiger partial charge in [0.25, 0.3) is 16.8 Å². The predicted octanol–water partition coefficient (Wildman–Crippen LogP) is 3.02. The number of Topliss-reactive ketones (excluding diaryl/α,β-unsaturated/α-hetero) is 1. The van der Waals surface area contributed by atoms with Gasteiger partial charge in [0.2, 0.25) is 5.95 Å². The molecule has 4 rings (SSSR count). The molecule has 0 radical (unpaired) electrons. The second kappa shape index (κ2) is 10.4. The fraction of sp³-hybridized carbons (Fsp3) is 0.385. The van der Waals surface area contributed by atoms with Crippen LogP contribution in [0.4, 0.5) is 28.8 Å². The Kier molecular flexibility index (Phi) is 7.23. The van der Waals surface area contributed by atoms with E-state index in [0.29, 0.717) is 17.0 Å². The summed E-state index contributed by atoms with van der Waals surface area (Å²) in [6, 6.07) is 6.81. The van der Waals surface area contributed by atoms with Gasteiger partial charge < -0.3 is 26.0 Å². The zero-order valence-corrected chi connectivity index (χ0v) is 21.2. The van der Waals surface area contributed by atoms with E-state index in [9.17, 15) is 19.2 Å². The average molecular weight is 507 g/mol. The summed E-state index contributed by atoms with van der Waals surface area (Å²) in [6.07, 6.45) is 4.80. The molecule has 1 amide bonds. The Morgan fingerprint density at radius 1 is 1.08 bits per heavy atom. The topological polar surface area (TPSA) is 151 Å². The van der Waals surface area contributed by atoms with E-state index in [1.54, 1.807) is 38.1 Å². The molecule has 1 aromatic heterocycles. The average Bonchev–Trinajstić information content (AvgIpc) is 2.82. The number of hydrogen-bond donors (Lipinski definition) is 4. The number of anilines is 5. The molecule has 0 atom stereocenters. The van der Waals surface area contributed by atoms with Crippen LogP contribution in [0.25, 0.3) is 0 Å². The zero-order chi connectivity index (χ0) is 26.7. The van der Waals surface area contributed by atoms with Crippen molar-refractivity contribution in [1.29, 1.82) is 0 Å². The monoisotopic (exact) mass is 506 g/mol. The molecule has 1 saturated carbocycles. The van der Waals surface area contributed by atoms with Crippen molar-refractivity contribution < 1.29 is 14.3 Å². The number of amides is 1. The lowest BCUT2D eigenvalue weighted by atomic mass is 9.93. The van der Waals surface area contributed by atoms with Crippen LogP contribution in [0.5, 0.6) is 5.75 Å². The molecule has 11 nitrogen and oxygen atoms in total. The molecule has 2 aromatic carbocycles. The molecule has 0 bridgehead atoms. The minimum absolute atomic E-state index is 0.0420. The van der Waals surface area contributed by atoms with E-state index < -0.39 is 16.4 Å². The van der Waals surface area contributed by atoms with Crippen LogP contribution in [0, 0.1) is 0 Å². The Morgan fingerprint density at radius 2 is 1.81 bits per heavy atom. The Morgan fingerprint density at radius 3 is 2.46 bits per heavy atom. The van der Waals surface area contributed by atoms with Gasteiger partial charge in [-0.3, -0.25) is 19.2 Å². The SMILES string of the molecule is COc1cc(C(=O)NC2CCC2)ccc1Nc1nccc(Nc2c(NC(C)(C)CC(C)=O)c(=O)c2=O)n1. The molecule has 1 heterocycles. The van der Waals surface area contributed by atoms with Crippen molar-refractivity contribution in [2.24, 2.45) is 0 Å². The minimum atomic E-state index is -0.708. The first-order valence-electron chi connectivity index (χ1n) is 12.0. The number of methoxy groups -OCH3 is 1. The van der Waals surface area contributed by atoms with E-state index in [-0.39, 0.29) is 47.3 Å². The summed E-state index contributed by atoms with van der Waals surface area (Å²) in [5.41, 5.74) is -0.821. The smallest absolute Gasteiger partial charge is 0.253 e. The van der Waals surface area contributed by atoms with Gasteiger partial charge in [-0.25, -0.2) is 4.98 Å². The van der Waals surface area contributed by atoms with Crippen LogP contribution in [0.3, 0.4) is 0 Å². The van der Waals surface area contributed by atoms with Gasteiger partial charge in [-0.1, -0.05) is 0 Å². The molecule has 0 aliphatic heterocycles. The number of nitrogens with one attached hydrogen (secondary N) is 4. The molecule has 1 aliphatic rings. The summed E-state index contributed by atoms with van der Waals surface area (Å²) in [5.74, 6) is 0.734. The fourth-order valence-electron chi connectivity index (χ4n) is 4.13. The van der Waals surface area contributed by atoms with Crippen LogP contribution in [0.1, 0.15) is 56.8 Å². The van der Waals surface area contributed by atoms with Crippen molar-refractivity contribution in [3.05, 3.63) is 56.5 Å². The lowest BCUT2D eigenvalue weighted by molar-refractivity contribution is -0.117. The molecule has 0 spiro atoms. The third-order valence-electron chi connectivity index (χ3n) is 6.12. The molecule has 1 aliphatic carbocycles. The largest absolute Gasteiger partial charge is 0.495 e. The van der Waals surface area contributed by atoms with E-state index in [1.165, 1.54) is 20.2 Å². The minimum Gasteiger partial charge on any atom is -0.495 e. The van der Waals surface area contributed by atoms with Gasteiger partial charge in [-0.05, 0) is 64.3 Å². The first-order valence-corrected chi connectivity index (χ1v) is 12.0. The van der Waals surface area contributed by atoms with Gasteiger partial charge >= 0.3 is 0 Å². The van der Waals surface area contributed by atoms with Gasteiger partial charge in [0.1, 0.15) is 28.7 Å². The third kappa shape index (κ3) is 5.93. The van der Waals surface area contributed by atoms with Crippen LogP contribution < -0.4 is 36.9 Å². The molecule has 1 fully saturated rings. The van der Waals surface area contributed by atoms with Gasteiger partial charge in [0.05, 0.1) is 12.8 Å². The predicted molar refractivity (Wildman–Crippen MR) is 141 cm³/mol. The normalized spacial score (nSPS) is 13.5. The van der Waals surface area contributed by atoms with Gasteiger partial charge in [0, 0.05) is 29.8 Å². The Bertz CT molecular complexity index is 1410.